The molecule has 140 valence electrons. The third kappa shape index (κ3) is 7.45. The summed E-state index contributed by atoms with van der Waals surface area (Å²) in [5.74, 6) is 0.483. The molecule has 25 heavy (non-hydrogen) atoms. The first-order valence-electron chi connectivity index (χ1n) is 8.83. The van der Waals surface area contributed by atoms with Crippen LogP contribution in [-0.4, -0.2) is 49.9 Å². The van der Waals surface area contributed by atoms with Gasteiger partial charge in [0.25, 0.3) is 0 Å². The Morgan fingerprint density at radius 3 is 2.64 bits per heavy atom. The summed E-state index contributed by atoms with van der Waals surface area (Å²) >= 11 is 0. The van der Waals surface area contributed by atoms with Gasteiger partial charge in [0.1, 0.15) is 0 Å². The fraction of sp³-hybridized carbons (Fsp3) is 0.579. The van der Waals surface area contributed by atoms with Crippen LogP contribution < -0.4 is 10.6 Å². The highest BCUT2D eigenvalue weighted by Crippen LogP contribution is 2.15. The van der Waals surface area contributed by atoms with Crippen LogP contribution >= 0.6 is 12.4 Å². The summed E-state index contributed by atoms with van der Waals surface area (Å²) in [4.78, 5) is 26.1. The smallest absolute Gasteiger partial charge is 0.241 e. The molecule has 0 aliphatic carbocycles. The van der Waals surface area contributed by atoms with E-state index in [1.165, 1.54) is 5.56 Å². The van der Waals surface area contributed by atoms with Crippen LogP contribution in [0.5, 0.6) is 0 Å². The Labute approximate surface area is 157 Å². The predicted octanol–water partition coefficient (Wildman–Crippen LogP) is 1.92. The normalized spacial score (nSPS) is 16.9. The lowest BCUT2D eigenvalue weighted by Crippen LogP contribution is -2.46. The second-order valence-corrected chi connectivity index (χ2v) is 6.67. The van der Waals surface area contributed by atoms with Crippen molar-refractivity contribution in [1.29, 1.82) is 0 Å². The number of hydrogen-bond acceptors (Lipinski definition) is 3. The second-order valence-electron chi connectivity index (χ2n) is 6.67. The minimum absolute atomic E-state index is 0. The minimum atomic E-state index is -0.0623. The van der Waals surface area contributed by atoms with Crippen molar-refractivity contribution < 1.29 is 9.59 Å². The molecule has 0 aromatic heterocycles. The molecule has 1 saturated heterocycles. The number of nitrogens with zero attached hydrogens (tertiary/aromatic N) is 1. The van der Waals surface area contributed by atoms with Crippen molar-refractivity contribution >= 4 is 24.2 Å². The number of amides is 2. The molecule has 6 heteroatoms. The van der Waals surface area contributed by atoms with Crippen molar-refractivity contribution in [1.82, 2.24) is 15.5 Å². The van der Waals surface area contributed by atoms with Crippen LogP contribution in [0.4, 0.5) is 0 Å². The van der Waals surface area contributed by atoms with E-state index in [4.69, 9.17) is 0 Å². The molecule has 0 bridgehead atoms. The van der Waals surface area contributed by atoms with E-state index in [9.17, 15) is 9.59 Å². The Balaban J connectivity index is 0.00000312. The van der Waals surface area contributed by atoms with E-state index in [1.54, 1.807) is 0 Å². The van der Waals surface area contributed by atoms with Crippen LogP contribution in [0.25, 0.3) is 0 Å². The largest absolute Gasteiger partial charge is 0.347 e. The Hall–Kier alpha value is -1.59. The Morgan fingerprint density at radius 1 is 1.24 bits per heavy atom. The van der Waals surface area contributed by atoms with E-state index in [0.717, 1.165) is 38.0 Å². The molecule has 1 unspecified atom stereocenters. The quantitative estimate of drug-likeness (QED) is 0.774. The van der Waals surface area contributed by atoms with Crippen LogP contribution in [-0.2, 0) is 16.0 Å². The lowest BCUT2D eigenvalue weighted by molar-refractivity contribution is -0.134. The number of likely N-dealkylation sites (tertiary alicyclic amines) is 1. The van der Waals surface area contributed by atoms with Gasteiger partial charge in [-0.25, -0.2) is 0 Å². The lowest BCUT2D eigenvalue weighted by Gasteiger charge is -2.32. The zero-order chi connectivity index (χ0) is 17.4. The zero-order valence-corrected chi connectivity index (χ0v) is 16.0. The van der Waals surface area contributed by atoms with Crippen molar-refractivity contribution in [2.45, 2.75) is 32.6 Å². The minimum Gasteiger partial charge on any atom is -0.347 e. The molecule has 5 nitrogen and oxygen atoms in total. The third-order valence-corrected chi connectivity index (χ3v) is 4.56. The molecule has 0 spiro atoms. The van der Waals surface area contributed by atoms with Crippen LogP contribution in [0.2, 0.25) is 0 Å². The standard InChI is InChI=1S/C19H29N3O2.ClH/c1-15-5-7-16(8-6-15)9-10-18(23)21-13-19(24)22-11-3-4-17(14-22)12-20-2;/h5-8,17,20H,3-4,9-14H2,1-2H3,(H,21,23);1H. The van der Waals surface area contributed by atoms with Crippen molar-refractivity contribution in [2.75, 3.05) is 33.2 Å². The number of nitrogens with one attached hydrogen (secondary N) is 2. The number of carbonyl (C=O) groups excluding carboxylic acids is 2. The molecule has 0 saturated carbocycles. The highest BCUT2D eigenvalue weighted by molar-refractivity contribution is 5.85. The molecule has 1 atom stereocenters. The van der Waals surface area contributed by atoms with Gasteiger partial charge < -0.3 is 15.5 Å². The summed E-state index contributed by atoms with van der Waals surface area (Å²) in [5, 5.41) is 5.94. The topological polar surface area (TPSA) is 61.4 Å². The van der Waals surface area contributed by atoms with Gasteiger partial charge in [0, 0.05) is 19.5 Å². The highest BCUT2D eigenvalue weighted by atomic mass is 35.5. The maximum Gasteiger partial charge on any atom is 0.241 e. The average molecular weight is 368 g/mol. The van der Waals surface area contributed by atoms with Gasteiger partial charge in [-0.15, -0.1) is 12.4 Å². The summed E-state index contributed by atoms with van der Waals surface area (Å²) < 4.78 is 0. The van der Waals surface area contributed by atoms with E-state index in [2.05, 4.69) is 22.8 Å². The van der Waals surface area contributed by atoms with Gasteiger partial charge in [0.15, 0.2) is 0 Å². The summed E-state index contributed by atoms with van der Waals surface area (Å²) in [6, 6.07) is 8.19. The van der Waals surface area contributed by atoms with Crippen LogP contribution in [0.15, 0.2) is 24.3 Å². The average Bonchev–Trinajstić information content (AvgIpc) is 2.59. The van der Waals surface area contributed by atoms with Crippen LogP contribution in [0.1, 0.15) is 30.4 Å². The van der Waals surface area contributed by atoms with Gasteiger partial charge in [-0.3, -0.25) is 9.59 Å². The lowest BCUT2D eigenvalue weighted by atomic mass is 9.98. The Bertz CT molecular complexity index is 546. The van der Waals surface area contributed by atoms with E-state index < -0.39 is 0 Å². The van der Waals surface area contributed by atoms with Crippen molar-refractivity contribution in [2.24, 2.45) is 5.92 Å². The molecule has 1 aromatic rings. The fourth-order valence-electron chi connectivity index (χ4n) is 3.13. The molecule has 2 amide bonds. The van der Waals surface area contributed by atoms with Gasteiger partial charge in [-0.1, -0.05) is 29.8 Å². The summed E-state index contributed by atoms with van der Waals surface area (Å²) in [5.41, 5.74) is 2.36. The third-order valence-electron chi connectivity index (χ3n) is 4.56. The first kappa shape index (κ1) is 21.5. The molecular formula is C19H30ClN3O2. The predicted molar refractivity (Wildman–Crippen MR) is 103 cm³/mol. The van der Waals surface area contributed by atoms with Crippen LogP contribution in [0, 0.1) is 12.8 Å². The number of hydrogen-bond donors (Lipinski definition) is 2. The number of aryl methyl sites for hydroxylation is 2. The summed E-state index contributed by atoms with van der Waals surface area (Å²) in [6.07, 6.45) is 3.32. The number of piperidine rings is 1. The highest BCUT2D eigenvalue weighted by Gasteiger charge is 2.23. The van der Waals surface area contributed by atoms with E-state index in [-0.39, 0.29) is 30.8 Å². The molecular weight excluding hydrogens is 338 g/mol. The molecule has 2 N–H and O–H groups in total. The van der Waals surface area contributed by atoms with E-state index in [1.807, 2.05) is 31.0 Å². The van der Waals surface area contributed by atoms with Gasteiger partial charge in [-0.2, -0.15) is 0 Å². The number of benzene rings is 1. The maximum absolute atomic E-state index is 12.3. The summed E-state index contributed by atoms with van der Waals surface area (Å²) in [7, 11) is 1.94. The molecule has 2 rings (SSSR count). The Morgan fingerprint density at radius 2 is 1.96 bits per heavy atom. The van der Waals surface area contributed by atoms with Gasteiger partial charge in [0.05, 0.1) is 6.54 Å². The van der Waals surface area contributed by atoms with Gasteiger partial charge in [0.2, 0.25) is 11.8 Å². The van der Waals surface area contributed by atoms with Gasteiger partial charge >= 0.3 is 0 Å². The Kier molecular flexibility index (Phi) is 9.53. The van der Waals surface area contributed by atoms with E-state index >= 15 is 0 Å². The molecule has 0 radical (unpaired) electrons. The van der Waals surface area contributed by atoms with Crippen LogP contribution in [0.3, 0.4) is 0 Å². The second kappa shape index (κ2) is 11.1. The number of rotatable bonds is 7. The van der Waals surface area contributed by atoms with E-state index in [0.29, 0.717) is 18.8 Å². The molecule has 1 aliphatic rings. The zero-order valence-electron chi connectivity index (χ0n) is 15.2. The van der Waals surface area contributed by atoms with Gasteiger partial charge in [-0.05, 0) is 51.3 Å². The van der Waals surface area contributed by atoms with Crippen molar-refractivity contribution in [3.8, 4) is 0 Å². The maximum atomic E-state index is 12.3. The molecule has 1 heterocycles. The summed E-state index contributed by atoms with van der Waals surface area (Å²) in [6.45, 7) is 4.69. The fourth-order valence-corrected chi connectivity index (χ4v) is 3.13. The monoisotopic (exact) mass is 367 g/mol. The van der Waals surface area contributed by atoms with Crippen molar-refractivity contribution in [3.63, 3.8) is 0 Å². The molecule has 1 aromatic carbocycles. The number of halogens is 1. The SMILES string of the molecule is CNCC1CCCN(C(=O)CNC(=O)CCc2ccc(C)cc2)C1.Cl. The molecule has 1 fully saturated rings. The molecule has 1 aliphatic heterocycles. The number of carbonyl (C=O) groups is 2. The first-order chi connectivity index (χ1) is 11.6. The van der Waals surface area contributed by atoms with Crippen molar-refractivity contribution in [3.05, 3.63) is 35.4 Å². The first-order valence-corrected chi connectivity index (χ1v) is 8.83.